The highest BCUT2D eigenvalue weighted by Crippen LogP contribution is 2.36. The van der Waals surface area contributed by atoms with Gasteiger partial charge in [-0.1, -0.05) is 36.4 Å². The van der Waals surface area contributed by atoms with Crippen LogP contribution in [0.25, 0.3) is 0 Å². The number of hydrogen-bond donors (Lipinski definition) is 4. The monoisotopic (exact) mass is 451 g/mol. The number of carboxylic acids is 2. The molecule has 176 valence electrons. The van der Waals surface area contributed by atoms with Crippen molar-refractivity contribution in [2.75, 3.05) is 27.4 Å². The summed E-state index contributed by atoms with van der Waals surface area (Å²) in [6.07, 6.45) is -1.28. The summed E-state index contributed by atoms with van der Waals surface area (Å²) in [5.74, 6) is -2.42. The van der Waals surface area contributed by atoms with Crippen molar-refractivity contribution in [2.45, 2.75) is 25.2 Å². The van der Waals surface area contributed by atoms with Gasteiger partial charge in [0.25, 0.3) is 0 Å². The van der Waals surface area contributed by atoms with Gasteiger partial charge in [0.05, 0.1) is 14.2 Å². The Morgan fingerprint density at radius 1 is 1.00 bits per heavy atom. The molecule has 3 unspecified atom stereocenters. The minimum Gasteiger partial charge on any atom is -0.539 e. The number of ether oxygens (including phenoxy) is 3. The molecule has 0 radical (unpaired) electrons. The molecule has 0 saturated carbocycles. The largest absolute Gasteiger partial charge is 0.539 e. The van der Waals surface area contributed by atoms with Crippen LogP contribution in [0.2, 0.25) is 0 Å². The highest BCUT2D eigenvalue weighted by molar-refractivity contribution is 6.26. The summed E-state index contributed by atoms with van der Waals surface area (Å²) < 4.78 is 16.2. The summed E-state index contributed by atoms with van der Waals surface area (Å²) in [4.78, 5) is 18.0. The Balaban J connectivity index is 0.000000751. The fourth-order valence-electron chi connectivity index (χ4n) is 2.68. The first-order chi connectivity index (χ1) is 15.2. The first kappa shape index (κ1) is 26.7. The van der Waals surface area contributed by atoms with E-state index in [9.17, 15) is 10.2 Å². The fourth-order valence-corrected chi connectivity index (χ4v) is 2.68. The Hall–Kier alpha value is -3.34. The molecular weight excluding hydrogens is 422 g/mol. The SMILES string of the molecule is COc1cccc(OCC(O)C[NH2+]C(C)C(O)c2ccccc2)c1OC.O=C([O-])C(=O)O. The number of para-hydroxylation sites is 1. The van der Waals surface area contributed by atoms with Crippen molar-refractivity contribution in [3.05, 3.63) is 54.1 Å². The van der Waals surface area contributed by atoms with E-state index in [4.69, 9.17) is 34.0 Å². The van der Waals surface area contributed by atoms with Crippen molar-refractivity contribution in [2.24, 2.45) is 0 Å². The van der Waals surface area contributed by atoms with Gasteiger partial charge in [0.15, 0.2) is 17.5 Å². The molecule has 5 N–H and O–H groups in total. The van der Waals surface area contributed by atoms with E-state index >= 15 is 0 Å². The van der Waals surface area contributed by atoms with Crippen LogP contribution in [0, 0.1) is 0 Å². The minimum atomic E-state index is -2.07. The molecule has 2 rings (SSSR count). The maximum absolute atomic E-state index is 10.4. The van der Waals surface area contributed by atoms with Gasteiger partial charge in [-0.05, 0) is 24.6 Å². The van der Waals surface area contributed by atoms with Crippen LogP contribution in [-0.4, -0.2) is 66.8 Å². The molecule has 10 heteroatoms. The number of carboxylic acid groups (broad SMARTS) is 2. The van der Waals surface area contributed by atoms with Gasteiger partial charge in [-0.15, -0.1) is 0 Å². The van der Waals surface area contributed by atoms with Gasteiger partial charge in [-0.25, -0.2) is 4.79 Å². The number of rotatable bonds is 10. The van der Waals surface area contributed by atoms with E-state index in [1.807, 2.05) is 42.6 Å². The number of hydrogen-bond acceptors (Lipinski definition) is 8. The summed E-state index contributed by atoms with van der Waals surface area (Å²) >= 11 is 0. The molecule has 10 nitrogen and oxygen atoms in total. The Morgan fingerprint density at radius 3 is 2.12 bits per heavy atom. The van der Waals surface area contributed by atoms with Gasteiger partial charge in [0, 0.05) is 0 Å². The van der Waals surface area contributed by atoms with Crippen molar-refractivity contribution in [1.29, 1.82) is 0 Å². The molecule has 0 fully saturated rings. The highest BCUT2D eigenvalue weighted by atomic mass is 16.5. The van der Waals surface area contributed by atoms with Gasteiger partial charge < -0.3 is 44.7 Å². The lowest BCUT2D eigenvalue weighted by molar-refractivity contribution is -0.699. The van der Waals surface area contributed by atoms with Gasteiger partial charge in [0.1, 0.15) is 31.4 Å². The lowest BCUT2D eigenvalue weighted by Gasteiger charge is -2.20. The molecule has 2 aromatic carbocycles. The van der Waals surface area contributed by atoms with E-state index < -0.39 is 24.1 Å². The van der Waals surface area contributed by atoms with Crippen LogP contribution in [0.4, 0.5) is 0 Å². The van der Waals surface area contributed by atoms with E-state index in [-0.39, 0.29) is 12.6 Å². The number of aliphatic hydroxyl groups is 2. The molecule has 0 amide bonds. The maximum Gasteiger partial charge on any atom is 0.351 e. The van der Waals surface area contributed by atoms with Crippen molar-refractivity contribution in [3.63, 3.8) is 0 Å². The molecular formula is C22H29NO9. The first-order valence-electron chi connectivity index (χ1n) is 9.73. The third-order valence-corrected chi connectivity index (χ3v) is 4.39. The topological polar surface area (TPSA) is 162 Å². The fraction of sp³-hybridized carbons (Fsp3) is 0.364. The van der Waals surface area contributed by atoms with Gasteiger partial charge in [-0.3, -0.25) is 0 Å². The Morgan fingerprint density at radius 2 is 1.59 bits per heavy atom. The molecule has 32 heavy (non-hydrogen) atoms. The van der Waals surface area contributed by atoms with Crippen LogP contribution in [0.1, 0.15) is 18.6 Å². The van der Waals surface area contributed by atoms with E-state index in [0.717, 1.165) is 5.56 Å². The lowest BCUT2D eigenvalue weighted by Crippen LogP contribution is -2.92. The summed E-state index contributed by atoms with van der Waals surface area (Å²) in [6, 6.07) is 14.8. The molecule has 0 spiro atoms. The average molecular weight is 451 g/mol. The summed E-state index contributed by atoms with van der Waals surface area (Å²) in [7, 11) is 3.10. The van der Waals surface area contributed by atoms with E-state index in [1.54, 1.807) is 32.4 Å². The van der Waals surface area contributed by atoms with E-state index in [0.29, 0.717) is 23.8 Å². The number of methoxy groups -OCH3 is 2. The van der Waals surface area contributed by atoms with Crippen LogP contribution in [0.3, 0.4) is 0 Å². The second-order valence-corrected chi connectivity index (χ2v) is 6.74. The second-order valence-electron chi connectivity index (χ2n) is 6.74. The Kier molecular flexibility index (Phi) is 11.6. The van der Waals surface area contributed by atoms with Crippen LogP contribution >= 0.6 is 0 Å². The third kappa shape index (κ3) is 8.80. The van der Waals surface area contributed by atoms with Crippen LogP contribution in [-0.2, 0) is 9.59 Å². The number of nitrogens with two attached hydrogens (primary N) is 1. The zero-order valence-electron chi connectivity index (χ0n) is 18.1. The van der Waals surface area contributed by atoms with Gasteiger partial charge in [0.2, 0.25) is 5.75 Å². The summed E-state index contributed by atoms with van der Waals surface area (Å²) in [5, 5.41) is 38.8. The van der Waals surface area contributed by atoms with Crippen molar-refractivity contribution >= 4 is 11.9 Å². The van der Waals surface area contributed by atoms with Crippen molar-refractivity contribution in [1.82, 2.24) is 0 Å². The van der Waals surface area contributed by atoms with E-state index in [1.165, 1.54) is 0 Å². The number of carbonyl (C=O) groups is 2. The number of benzene rings is 2. The quantitative estimate of drug-likeness (QED) is 0.330. The molecule has 0 aliphatic heterocycles. The normalized spacial score (nSPS) is 13.0. The standard InChI is InChI=1S/C20H27NO5.C2H2O4/c1-14(19(23)15-8-5-4-6-9-15)21-12-16(22)13-26-18-11-7-10-17(24-2)20(18)25-3;3-1(4)2(5)6/h4-11,14,16,19,21-23H,12-13H2,1-3H3;(H,3,4)(H,5,6). The summed E-state index contributed by atoms with van der Waals surface area (Å²) in [5.41, 5.74) is 0.864. The Bertz CT molecular complexity index is 833. The smallest absolute Gasteiger partial charge is 0.351 e. The number of aliphatic hydroxyl groups excluding tert-OH is 2. The maximum atomic E-state index is 10.4. The molecule has 0 heterocycles. The van der Waals surface area contributed by atoms with Crippen LogP contribution < -0.4 is 24.6 Å². The predicted octanol–water partition coefficient (Wildman–Crippen LogP) is -1.05. The average Bonchev–Trinajstić information content (AvgIpc) is 2.81. The van der Waals surface area contributed by atoms with Gasteiger partial charge >= 0.3 is 5.97 Å². The molecule has 2 aromatic rings. The zero-order chi connectivity index (χ0) is 24.1. The molecule has 3 atom stereocenters. The molecule has 0 aromatic heterocycles. The predicted molar refractivity (Wildman–Crippen MR) is 111 cm³/mol. The number of quaternary nitrogens is 1. The van der Waals surface area contributed by atoms with Crippen molar-refractivity contribution < 1.29 is 49.5 Å². The molecule has 0 saturated heterocycles. The number of aliphatic carboxylic acids is 2. The Labute approximate surface area is 186 Å². The lowest BCUT2D eigenvalue weighted by atomic mass is 10.0. The summed E-state index contributed by atoms with van der Waals surface area (Å²) in [6.45, 7) is 2.46. The van der Waals surface area contributed by atoms with Gasteiger partial charge in [-0.2, -0.15) is 0 Å². The van der Waals surface area contributed by atoms with Crippen LogP contribution in [0.15, 0.2) is 48.5 Å². The van der Waals surface area contributed by atoms with E-state index in [2.05, 4.69) is 0 Å². The first-order valence-corrected chi connectivity index (χ1v) is 9.73. The zero-order valence-corrected chi connectivity index (χ0v) is 18.1. The molecule has 0 bridgehead atoms. The number of carbonyl (C=O) groups excluding carboxylic acids is 1. The van der Waals surface area contributed by atoms with Crippen LogP contribution in [0.5, 0.6) is 17.2 Å². The molecule has 0 aliphatic carbocycles. The van der Waals surface area contributed by atoms with Crippen molar-refractivity contribution in [3.8, 4) is 17.2 Å². The molecule has 0 aliphatic rings. The third-order valence-electron chi connectivity index (χ3n) is 4.39. The highest BCUT2D eigenvalue weighted by Gasteiger charge is 2.21. The second kappa shape index (κ2) is 13.9. The minimum absolute atomic E-state index is 0.0848.